The Morgan fingerprint density at radius 3 is 2.68 bits per heavy atom. The van der Waals surface area contributed by atoms with Crippen molar-refractivity contribution in [1.29, 1.82) is 0 Å². The molecule has 3 fully saturated rings. The lowest BCUT2D eigenvalue weighted by Gasteiger charge is -2.51. The van der Waals surface area contributed by atoms with Crippen LogP contribution in [0.25, 0.3) is 0 Å². The van der Waals surface area contributed by atoms with Crippen LogP contribution in [-0.4, -0.2) is 88.3 Å². The van der Waals surface area contributed by atoms with Gasteiger partial charge in [0.1, 0.15) is 29.7 Å². The normalized spacial score (nSPS) is 29.5. The van der Waals surface area contributed by atoms with Gasteiger partial charge in [0.15, 0.2) is 5.78 Å². The van der Waals surface area contributed by atoms with Crippen LogP contribution in [0.5, 0.6) is 0 Å². The molecule has 4 N–H and O–H groups in total. The molecule has 6 rings (SSSR count). The number of amides is 2. The summed E-state index contributed by atoms with van der Waals surface area (Å²) in [4.78, 5) is 60.1. The van der Waals surface area contributed by atoms with Crippen LogP contribution in [0.3, 0.4) is 0 Å². The fourth-order valence-corrected chi connectivity index (χ4v) is 8.46. The molecule has 12 heteroatoms. The summed E-state index contributed by atoms with van der Waals surface area (Å²) in [6, 6.07) is 2.86. The zero-order chi connectivity index (χ0) is 31.3. The van der Waals surface area contributed by atoms with Crippen LogP contribution < -0.4 is 11.5 Å². The van der Waals surface area contributed by atoms with Gasteiger partial charge in [-0.05, 0) is 93.5 Å². The summed E-state index contributed by atoms with van der Waals surface area (Å²) >= 11 is 5.96. The minimum Gasteiger partial charge on any atom is -0.460 e. The second kappa shape index (κ2) is 12.2. The van der Waals surface area contributed by atoms with Crippen LogP contribution in [0, 0.1) is 17.7 Å². The molecule has 238 valence electrons. The first kappa shape index (κ1) is 31.1. The first-order chi connectivity index (χ1) is 21.1. The maximum Gasteiger partial charge on any atom is 0.323 e. The number of fused-ring (bicyclic) bond motifs is 5. The molecular weight excluding hydrogens is 589 g/mol. The molecule has 1 aromatic carbocycles. The van der Waals surface area contributed by atoms with Gasteiger partial charge in [-0.15, -0.1) is 0 Å². The number of carbonyl (C=O) groups is 4. The zero-order valence-electron chi connectivity index (χ0n) is 25.1. The number of rotatable bonds is 10. The van der Waals surface area contributed by atoms with Crippen LogP contribution in [0.4, 0.5) is 4.39 Å². The van der Waals surface area contributed by atoms with Crippen molar-refractivity contribution in [1.82, 2.24) is 14.7 Å². The Morgan fingerprint density at radius 1 is 1.20 bits per heavy atom. The summed E-state index contributed by atoms with van der Waals surface area (Å²) in [6.07, 6.45) is 5.53. The van der Waals surface area contributed by atoms with Gasteiger partial charge < -0.3 is 26.0 Å². The Labute approximate surface area is 261 Å². The van der Waals surface area contributed by atoms with Gasteiger partial charge in [-0.1, -0.05) is 24.1 Å². The van der Waals surface area contributed by atoms with Gasteiger partial charge >= 0.3 is 5.97 Å². The number of esters is 1. The smallest absolute Gasteiger partial charge is 0.323 e. The predicted molar refractivity (Wildman–Crippen MR) is 160 cm³/mol. The van der Waals surface area contributed by atoms with Gasteiger partial charge in [0.25, 0.3) is 5.91 Å². The minimum absolute atomic E-state index is 0.0168. The summed E-state index contributed by atoms with van der Waals surface area (Å²) in [5.74, 6) is -1.15. The van der Waals surface area contributed by atoms with E-state index in [-0.39, 0.29) is 47.8 Å². The number of carbonyl (C=O) groups excluding carboxylic acids is 4. The second-order valence-electron chi connectivity index (χ2n) is 13.0. The van der Waals surface area contributed by atoms with Gasteiger partial charge in [-0.25, -0.2) is 4.39 Å². The zero-order valence-corrected chi connectivity index (χ0v) is 25.9. The quantitative estimate of drug-likeness (QED) is 0.229. The molecule has 44 heavy (non-hydrogen) atoms. The number of benzene rings is 1. The number of nitrogens with two attached hydrogens (primary N) is 2. The Balaban J connectivity index is 1.25. The maximum absolute atomic E-state index is 14.4. The molecule has 3 heterocycles. The second-order valence-corrected chi connectivity index (χ2v) is 13.4. The Bertz CT molecular complexity index is 1400. The maximum atomic E-state index is 14.4. The average Bonchev–Trinajstić information content (AvgIpc) is 3.35. The van der Waals surface area contributed by atoms with Gasteiger partial charge in [0.05, 0.1) is 23.7 Å². The highest BCUT2D eigenvalue weighted by Crippen LogP contribution is 2.60. The lowest BCUT2D eigenvalue weighted by molar-refractivity contribution is -0.156. The van der Waals surface area contributed by atoms with E-state index in [9.17, 15) is 23.6 Å². The van der Waals surface area contributed by atoms with Crippen molar-refractivity contribution in [3.8, 4) is 0 Å². The topological polar surface area (TPSA) is 139 Å². The van der Waals surface area contributed by atoms with Crippen molar-refractivity contribution in [2.75, 3.05) is 26.2 Å². The summed E-state index contributed by atoms with van der Waals surface area (Å²) in [6.45, 7) is 2.99. The van der Waals surface area contributed by atoms with Gasteiger partial charge in [0, 0.05) is 13.1 Å². The molecule has 0 radical (unpaired) electrons. The number of halogens is 2. The summed E-state index contributed by atoms with van der Waals surface area (Å²) in [5, 5.41) is -0.0301. The van der Waals surface area contributed by atoms with E-state index >= 15 is 0 Å². The van der Waals surface area contributed by atoms with Crippen molar-refractivity contribution in [2.24, 2.45) is 23.3 Å². The van der Waals surface area contributed by atoms with Crippen LogP contribution in [0.2, 0.25) is 5.02 Å². The fourth-order valence-electron chi connectivity index (χ4n) is 8.26. The Kier molecular flexibility index (Phi) is 8.60. The number of hydrogen-bond acceptors (Lipinski definition) is 8. The van der Waals surface area contributed by atoms with Crippen LogP contribution in [-0.2, 0) is 30.5 Å². The fraction of sp³-hybridized carbons (Fsp3) is 0.625. The summed E-state index contributed by atoms with van der Waals surface area (Å²) in [7, 11) is 0. The van der Waals surface area contributed by atoms with E-state index in [0.29, 0.717) is 43.0 Å². The molecule has 10 nitrogen and oxygen atoms in total. The number of hydrogen-bond donors (Lipinski definition) is 2. The monoisotopic (exact) mass is 629 g/mol. The molecule has 6 unspecified atom stereocenters. The third kappa shape index (κ3) is 5.15. The highest BCUT2D eigenvalue weighted by molar-refractivity contribution is 6.30. The third-order valence-electron chi connectivity index (χ3n) is 10.5. The number of ketones is 1. The molecule has 2 saturated carbocycles. The molecule has 1 spiro atoms. The van der Waals surface area contributed by atoms with E-state index in [1.807, 2.05) is 4.90 Å². The highest BCUT2D eigenvalue weighted by Gasteiger charge is 2.68. The van der Waals surface area contributed by atoms with Crippen molar-refractivity contribution in [3.05, 3.63) is 45.7 Å². The molecule has 2 aliphatic carbocycles. The number of nitrogens with zero attached hydrogens (tertiary/aromatic N) is 3. The average molecular weight is 630 g/mol. The van der Waals surface area contributed by atoms with Crippen LogP contribution in [0.1, 0.15) is 63.9 Å². The molecule has 1 aromatic rings. The molecular formula is C32H41ClFN5O5. The molecule has 5 aliphatic rings. The minimum atomic E-state index is -0.756. The van der Waals surface area contributed by atoms with Gasteiger partial charge in [-0.2, -0.15) is 0 Å². The molecule has 6 atom stereocenters. The van der Waals surface area contributed by atoms with Crippen molar-refractivity contribution in [3.63, 3.8) is 0 Å². The Hall–Kier alpha value is -2.86. The largest absolute Gasteiger partial charge is 0.460 e. The third-order valence-corrected chi connectivity index (χ3v) is 10.7. The molecule has 0 bridgehead atoms. The predicted octanol–water partition coefficient (Wildman–Crippen LogP) is 2.51. The van der Waals surface area contributed by atoms with E-state index in [4.69, 9.17) is 27.8 Å². The van der Waals surface area contributed by atoms with E-state index in [2.05, 4.69) is 4.90 Å². The van der Waals surface area contributed by atoms with Crippen molar-refractivity contribution < 1.29 is 28.3 Å². The van der Waals surface area contributed by atoms with Gasteiger partial charge in [0.2, 0.25) is 5.91 Å². The summed E-state index contributed by atoms with van der Waals surface area (Å²) < 4.78 is 19.4. The number of unbranched alkanes of at least 4 members (excludes halogenated alkanes) is 1. The highest BCUT2D eigenvalue weighted by atomic mass is 35.5. The van der Waals surface area contributed by atoms with E-state index in [0.717, 1.165) is 38.5 Å². The molecule has 2 amide bonds. The number of Topliss-reactive ketones (excluding diaryl/α,β-unsaturated/α-hetero) is 1. The molecule has 1 saturated heterocycles. The first-order valence-corrected chi connectivity index (χ1v) is 16.2. The molecule has 0 aromatic heterocycles. The standard InChI is InChI=1S/C32H41ClFN5O5/c1-18(44-31(43)25(36)4-2-3-12-35)15-39-30(42)28-21-10-13-37(16-19-5-8-24(34)23(33)14-19)29(41)27(21)26(40)17-38(28)32(39)11-9-20-6-7-22(20)32/h5,8,14,18,20,22,25,28H,2-4,6-7,9-13,15-17,35-36H2,1H3. The van der Waals surface area contributed by atoms with Gasteiger partial charge in [-0.3, -0.25) is 24.1 Å². The van der Waals surface area contributed by atoms with Crippen LogP contribution in [0.15, 0.2) is 29.3 Å². The van der Waals surface area contributed by atoms with E-state index in [1.54, 1.807) is 17.9 Å². The van der Waals surface area contributed by atoms with E-state index in [1.165, 1.54) is 12.1 Å². The first-order valence-electron chi connectivity index (χ1n) is 15.8. The van der Waals surface area contributed by atoms with Crippen molar-refractivity contribution >= 4 is 35.2 Å². The Morgan fingerprint density at radius 2 is 2.00 bits per heavy atom. The lowest BCUT2D eigenvalue weighted by Crippen LogP contribution is -2.63. The van der Waals surface area contributed by atoms with Crippen molar-refractivity contribution in [2.45, 2.75) is 88.7 Å². The number of ether oxygens (including phenoxy) is 1. The lowest BCUT2D eigenvalue weighted by atomic mass is 9.71. The summed E-state index contributed by atoms with van der Waals surface area (Å²) in [5.41, 5.74) is 12.3. The van der Waals surface area contributed by atoms with E-state index < -0.39 is 41.5 Å². The molecule has 3 aliphatic heterocycles. The SMILES string of the molecule is CC(CN1C(=O)C2C3=C(C(=O)CN2C12CCC1CCC12)C(=O)N(Cc1ccc(F)c(Cl)c1)CC3)OC(=O)C(N)CCCCN. The van der Waals surface area contributed by atoms with Crippen LogP contribution >= 0.6 is 11.6 Å².